The molecule has 33 heavy (non-hydrogen) atoms. The van der Waals surface area contributed by atoms with E-state index in [4.69, 9.17) is 0 Å². The normalized spacial score (nSPS) is 14.1. The first kappa shape index (κ1) is 23.0. The van der Waals surface area contributed by atoms with Crippen LogP contribution in [0, 0.1) is 13.8 Å². The van der Waals surface area contributed by atoms with Crippen molar-refractivity contribution in [3.8, 4) is 0 Å². The summed E-state index contributed by atoms with van der Waals surface area (Å²) in [5.41, 5.74) is 3.41. The Morgan fingerprint density at radius 1 is 1.00 bits per heavy atom. The first-order chi connectivity index (χ1) is 15.9. The summed E-state index contributed by atoms with van der Waals surface area (Å²) in [6, 6.07) is 13.8. The van der Waals surface area contributed by atoms with Gasteiger partial charge in [-0.2, -0.15) is 0 Å². The zero-order valence-corrected chi connectivity index (χ0v) is 19.6. The van der Waals surface area contributed by atoms with Crippen LogP contribution >= 0.6 is 0 Å². The predicted molar refractivity (Wildman–Crippen MR) is 132 cm³/mol. The van der Waals surface area contributed by atoms with Gasteiger partial charge in [0.2, 0.25) is 5.91 Å². The lowest BCUT2D eigenvalue weighted by Crippen LogP contribution is -2.40. The van der Waals surface area contributed by atoms with Crippen LogP contribution in [0.3, 0.4) is 0 Å². The molecule has 0 bridgehead atoms. The number of fused-ring (bicyclic) bond motifs is 1. The molecule has 1 aliphatic carbocycles. The van der Waals surface area contributed by atoms with Crippen molar-refractivity contribution in [2.75, 3.05) is 0 Å². The van der Waals surface area contributed by atoms with Crippen LogP contribution in [0.2, 0.25) is 0 Å². The molecule has 0 unspecified atom stereocenters. The number of rotatable bonds is 8. The number of aromatic nitrogens is 2. The largest absolute Gasteiger partial charge is 0.353 e. The molecule has 6 heteroatoms. The lowest BCUT2D eigenvalue weighted by atomic mass is 10.1. The molecule has 1 amide bonds. The number of hydrogen-bond acceptors (Lipinski definition) is 3. The summed E-state index contributed by atoms with van der Waals surface area (Å²) in [5, 5.41) is 3.64. The standard InChI is InChI=1S/C27H33N3O3/c1-19-14-15-20(2)21(17-19)18-30-24-12-6-5-11-23(24)26(32)29(27(30)33)16-8-7-13-25(31)28-22-9-3-4-10-22/h5-6,11-12,14-15,17,22H,3-4,7-10,13,16,18H2,1-2H3,(H,28,31). The molecule has 1 aromatic heterocycles. The van der Waals surface area contributed by atoms with Crippen LogP contribution in [-0.2, 0) is 17.9 Å². The summed E-state index contributed by atoms with van der Waals surface area (Å²) in [6.07, 6.45) is 6.18. The second-order valence-electron chi connectivity index (χ2n) is 9.28. The first-order valence-corrected chi connectivity index (χ1v) is 12.0. The van der Waals surface area contributed by atoms with Crippen LogP contribution in [0.5, 0.6) is 0 Å². The number of nitrogens with one attached hydrogen (secondary N) is 1. The fourth-order valence-electron chi connectivity index (χ4n) is 4.79. The third-order valence-corrected chi connectivity index (χ3v) is 6.72. The maximum Gasteiger partial charge on any atom is 0.331 e. The van der Waals surface area contributed by atoms with Gasteiger partial charge < -0.3 is 5.32 Å². The number of unbranched alkanes of at least 4 members (excludes halogenated alkanes) is 1. The molecular weight excluding hydrogens is 414 g/mol. The van der Waals surface area contributed by atoms with Gasteiger partial charge >= 0.3 is 5.69 Å². The van der Waals surface area contributed by atoms with E-state index in [1.54, 1.807) is 10.6 Å². The smallest absolute Gasteiger partial charge is 0.331 e. The van der Waals surface area contributed by atoms with Crippen LogP contribution in [-0.4, -0.2) is 21.1 Å². The van der Waals surface area contributed by atoms with Crippen LogP contribution in [0.25, 0.3) is 10.9 Å². The highest BCUT2D eigenvalue weighted by molar-refractivity contribution is 5.78. The Morgan fingerprint density at radius 2 is 1.76 bits per heavy atom. The Labute approximate surface area is 194 Å². The molecule has 4 rings (SSSR count). The fraction of sp³-hybridized carbons (Fsp3) is 0.444. The molecular formula is C27H33N3O3. The van der Waals surface area contributed by atoms with Gasteiger partial charge in [0.15, 0.2) is 0 Å². The van der Waals surface area contributed by atoms with Crippen molar-refractivity contribution >= 4 is 16.8 Å². The molecule has 1 heterocycles. The second kappa shape index (κ2) is 10.2. The number of amides is 1. The Morgan fingerprint density at radius 3 is 2.55 bits per heavy atom. The van der Waals surface area contributed by atoms with Gasteiger partial charge in [0.1, 0.15) is 0 Å². The number of carbonyl (C=O) groups is 1. The van der Waals surface area contributed by atoms with Crippen molar-refractivity contribution in [3.05, 3.63) is 80.0 Å². The Bertz CT molecular complexity index is 1270. The van der Waals surface area contributed by atoms with Crippen molar-refractivity contribution in [1.29, 1.82) is 0 Å². The molecule has 6 nitrogen and oxygen atoms in total. The van der Waals surface area contributed by atoms with Crippen molar-refractivity contribution < 1.29 is 4.79 Å². The lowest BCUT2D eigenvalue weighted by molar-refractivity contribution is -0.121. The lowest BCUT2D eigenvalue weighted by Gasteiger charge is -2.16. The van der Waals surface area contributed by atoms with E-state index < -0.39 is 0 Å². The number of aryl methyl sites for hydroxylation is 2. The minimum Gasteiger partial charge on any atom is -0.353 e. The molecule has 174 valence electrons. The summed E-state index contributed by atoms with van der Waals surface area (Å²) in [7, 11) is 0. The van der Waals surface area contributed by atoms with Crippen molar-refractivity contribution in [2.24, 2.45) is 0 Å². The molecule has 0 spiro atoms. The maximum absolute atomic E-state index is 13.4. The van der Waals surface area contributed by atoms with E-state index in [1.807, 2.05) is 32.0 Å². The minimum atomic E-state index is -0.296. The molecule has 2 aromatic carbocycles. The quantitative estimate of drug-likeness (QED) is 0.530. The van der Waals surface area contributed by atoms with Gasteiger partial charge in [-0.1, -0.05) is 48.7 Å². The summed E-state index contributed by atoms with van der Waals surface area (Å²) >= 11 is 0. The second-order valence-corrected chi connectivity index (χ2v) is 9.28. The molecule has 1 saturated carbocycles. The van der Waals surface area contributed by atoms with E-state index >= 15 is 0 Å². The third-order valence-electron chi connectivity index (χ3n) is 6.72. The van der Waals surface area contributed by atoms with Gasteiger partial charge in [0, 0.05) is 19.0 Å². The van der Waals surface area contributed by atoms with Gasteiger partial charge in [-0.3, -0.25) is 18.7 Å². The van der Waals surface area contributed by atoms with Crippen molar-refractivity contribution in [3.63, 3.8) is 0 Å². The number of nitrogens with zero attached hydrogens (tertiary/aromatic N) is 2. The molecule has 1 N–H and O–H groups in total. The minimum absolute atomic E-state index is 0.0695. The van der Waals surface area contributed by atoms with E-state index in [-0.39, 0.29) is 17.2 Å². The van der Waals surface area contributed by atoms with Crippen LogP contribution in [0.15, 0.2) is 52.1 Å². The van der Waals surface area contributed by atoms with Gasteiger partial charge in [0.05, 0.1) is 17.4 Å². The topological polar surface area (TPSA) is 73.1 Å². The highest BCUT2D eigenvalue weighted by Gasteiger charge is 2.17. The molecule has 0 aliphatic heterocycles. The average molecular weight is 448 g/mol. The van der Waals surface area contributed by atoms with Crippen molar-refractivity contribution in [2.45, 2.75) is 77.9 Å². The molecule has 1 aliphatic rings. The van der Waals surface area contributed by atoms with Gasteiger partial charge in [-0.25, -0.2) is 4.79 Å². The highest BCUT2D eigenvalue weighted by atomic mass is 16.2. The molecule has 3 aromatic rings. The zero-order chi connectivity index (χ0) is 23.4. The Hall–Kier alpha value is -3.15. The summed E-state index contributed by atoms with van der Waals surface area (Å²) < 4.78 is 3.04. The van der Waals surface area contributed by atoms with E-state index in [0.29, 0.717) is 49.3 Å². The maximum atomic E-state index is 13.4. The van der Waals surface area contributed by atoms with E-state index in [1.165, 1.54) is 17.4 Å². The first-order valence-electron chi connectivity index (χ1n) is 12.0. The van der Waals surface area contributed by atoms with Gasteiger partial charge in [0.25, 0.3) is 5.56 Å². The van der Waals surface area contributed by atoms with Gasteiger partial charge in [-0.05, 0) is 62.8 Å². The number of benzene rings is 2. The fourth-order valence-corrected chi connectivity index (χ4v) is 4.79. The molecule has 1 fully saturated rings. The molecule has 0 radical (unpaired) electrons. The zero-order valence-electron chi connectivity index (χ0n) is 19.6. The van der Waals surface area contributed by atoms with E-state index in [2.05, 4.69) is 23.5 Å². The SMILES string of the molecule is Cc1ccc(C)c(Cn2c(=O)n(CCCCC(=O)NC3CCCC3)c(=O)c3ccccc32)c1. The van der Waals surface area contributed by atoms with Crippen molar-refractivity contribution in [1.82, 2.24) is 14.5 Å². The molecule has 0 saturated heterocycles. The average Bonchev–Trinajstić information content (AvgIpc) is 3.31. The van der Waals surface area contributed by atoms with Crippen LogP contribution < -0.4 is 16.6 Å². The predicted octanol–water partition coefficient (Wildman–Crippen LogP) is 4.06. The van der Waals surface area contributed by atoms with Gasteiger partial charge in [-0.15, -0.1) is 0 Å². The van der Waals surface area contributed by atoms with Crippen LogP contribution in [0.1, 0.15) is 61.6 Å². The molecule has 0 atom stereocenters. The van der Waals surface area contributed by atoms with E-state index in [9.17, 15) is 14.4 Å². The summed E-state index contributed by atoms with van der Waals surface area (Å²) in [6.45, 7) is 4.80. The number of para-hydroxylation sites is 1. The monoisotopic (exact) mass is 447 g/mol. The number of carbonyl (C=O) groups excluding carboxylic acids is 1. The van der Waals surface area contributed by atoms with Crippen LogP contribution in [0.4, 0.5) is 0 Å². The summed E-state index contributed by atoms with van der Waals surface area (Å²) in [4.78, 5) is 38.7. The third kappa shape index (κ3) is 5.27. The highest BCUT2D eigenvalue weighted by Crippen LogP contribution is 2.18. The van der Waals surface area contributed by atoms with E-state index in [0.717, 1.165) is 29.5 Å². The Kier molecular flexibility index (Phi) is 7.11. The summed E-state index contributed by atoms with van der Waals surface area (Å²) in [5.74, 6) is 0.0695. The Balaban J connectivity index is 1.54. The number of hydrogen-bond donors (Lipinski definition) is 1.